The van der Waals surface area contributed by atoms with Crippen molar-refractivity contribution >= 4 is 11.6 Å². The van der Waals surface area contributed by atoms with E-state index in [-0.39, 0.29) is 34.2 Å². The van der Waals surface area contributed by atoms with Gasteiger partial charge in [0.2, 0.25) is 0 Å². The molecule has 2 aliphatic rings. The number of allylic oxidation sites excluding steroid dienone is 4. The van der Waals surface area contributed by atoms with Crippen LogP contribution in [0.5, 0.6) is 0 Å². The molecule has 2 heteroatoms. The Morgan fingerprint density at radius 2 is 1.95 bits per heavy atom. The van der Waals surface area contributed by atoms with Gasteiger partial charge in [-0.25, -0.2) is 0 Å². The summed E-state index contributed by atoms with van der Waals surface area (Å²) in [5, 5.41) is 0. The number of carbonyl (C=O) groups is 2. The van der Waals surface area contributed by atoms with Gasteiger partial charge in [-0.1, -0.05) is 38.8 Å². The summed E-state index contributed by atoms with van der Waals surface area (Å²) in [5.41, 5.74) is 1.09. The van der Waals surface area contributed by atoms with Crippen molar-refractivity contribution in [2.24, 2.45) is 22.7 Å². The molecule has 0 bridgehead atoms. The van der Waals surface area contributed by atoms with Gasteiger partial charge in [-0.3, -0.25) is 9.59 Å². The van der Waals surface area contributed by atoms with Gasteiger partial charge < -0.3 is 0 Å². The molecule has 0 spiro atoms. The second kappa shape index (κ2) is 4.98. The Morgan fingerprint density at radius 1 is 1.30 bits per heavy atom. The number of fused-ring (bicyclic) bond motifs is 1. The van der Waals surface area contributed by atoms with Crippen LogP contribution in [0.4, 0.5) is 0 Å². The van der Waals surface area contributed by atoms with Crippen LogP contribution < -0.4 is 0 Å². The Kier molecular flexibility index (Phi) is 3.79. The van der Waals surface area contributed by atoms with Crippen LogP contribution in [0.15, 0.2) is 23.8 Å². The van der Waals surface area contributed by atoms with E-state index >= 15 is 0 Å². The molecule has 2 rings (SSSR count). The second-order valence-corrected chi connectivity index (χ2v) is 7.52. The smallest absolute Gasteiger partial charge is 0.159 e. The number of rotatable bonds is 2. The molecule has 2 aliphatic carbocycles. The topological polar surface area (TPSA) is 34.1 Å². The van der Waals surface area contributed by atoms with Crippen molar-refractivity contribution < 1.29 is 9.59 Å². The largest absolute Gasteiger partial charge is 0.295 e. The van der Waals surface area contributed by atoms with E-state index in [9.17, 15) is 9.59 Å². The zero-order chi connectivity index (χ0) is 15.1. The van der Waals surface area contributed by atoms with Crippen LogP contribution in [0.25, 0.3) is 0 Å². The maximum absolute atomic E-state index is 12.6. The zero-order valence-corrected chi connectivity index (χ0v) is 13.3. The molecule has 0 unspecified atom stereocenters. The molecular formula is C18H26O2. The fourth-order valence-corrected chi connectivity index (χ4v) is 4.67. The summed E-state index contributed by atoms with van der Waals surface area (Å²) >= 11 is 0. The molecule has 1 fully saturated rings. The second-order valence-electron chi connectivity index (χ2n) is 7.52. The molecule has 0 aromatic heterocycles. The van der Waals surface area contributed by atoms with Crippen LogP contribution in [0, 0.1) is 22.7 Å². The third-order valence-corrected chi connectivity index (χ3v) is 5.36. The quantitative estimate of drug-likeness (QED) is 0.710. The average molecular weight is 274 g/mol. The average Bonchev–Trinajstić information content (AvgIpc) is 2.25. The number of ketones is 2. The Labute approximate surface area is 122 Å². The van der Waals surface area contributed by atoms with Gasteiger partial charge in [-0.05, 0) is 49.7 Å². The van der Waals surface area contributed by atoms with Crippen molar-refractivity contribution in [3.63, 3.8) is 0 Å². The summed E-state index contributed by atoms with van der Waals surface area (Å²) in [4.78, 5) is 23.9. The number of hydrogen-bond donors (Lipinski definition) is 0. The molecular weight excluding hydrogens is 248 g/mol. The monoisotopic (exact) mass is 274 g/mol. The fourth-order valence-electron chi connectivity index (χ4n) is 4.67. The van der Waals surface area contributed by atoms with E-state index in [4.69, 9.17) is 0 Å². The van der Waals surface area contributed by atoms with Crippen molar-refractivity contribution in [1.29, 1.82) is 0 Å². The predicted octanol–water partition coefficient (Wildman–Crippen LogP) is 4.11. The molecule has 0 aliphatic heterocycles. The minimum absolute atomic E-state index is 0.0452. The molecule has 0 N–H and O–H groups in total. The van der Waals surface area contributed by atoms with Gasteiger partial charge in [0, 0.05) is 11.8 Å². The van der Waals surface area contributed by atoms with Crippen LogP contribution in [-0.2, 0) is 9.59 Å². The first-order chi connectivity index (χ1) is 9.18. The van der Waals surface area contributed by atoms with E-state index in [2.05, 4.69) is 20.8 Å². The minimum Gasteiger partial charge on any atom is -0.295 e. The van der Waals surface area contributed by atoms with Crippen molar-refractivity contribution in [3.05, 3.63) is 23.8 Å². The summed E-state index contributed by atoms with van der Waals surface area (Å²) in [6.45, 7) is 10.3. The number of hydrogen-bond acceptors (Lipinski definition) is 2. The Hall–Kier alpha value is -1.18. The maximum Gasteiger partial charge on any atom is 0.159 e. The molecule has 0 saturated heterocycles. The van der Waals surface area contributed by atoms with Crippen LogP contribution in [0.1, 0.15) is 53.9 Å². The number of carbonyl (C=O) groups excluding carboxylic acids is 2. The molecule has 0 aromatic rings. The summed E-state index contributed by atoms with van der Waals surface area (Å²) in [5.74, 6) is 0.620. The summed E-state index contributed by atoms with van der Waals surface area (Å²) < 4.78 is 0. The van der Waals surface area contributed by atoms with E-state index in [1.54, 1.807) is 13.0 Å². The van der Waals surface area contributed by atoms with Crippen molar-refractivity contribution in [2.45, 2.75) is 53.9 Å². The highest BCUT2D eigenvalue weighted by Gasteiger charge is 2.54. The van der Waals surface area contributed by atoms with Gasteiger partial charge in [0.25, 0.3) is 0 Å². The van der Waals surface area contributed by atoms with Gasteiger partial charge >= 0.3 is 0 Å². The lowest BCUT2D eigenvalue weighted by Gasteiger charge is -2.55. The Morgan fingerprint density at radius 3 is 2.55 bits per heavy atom. The lowest BCUT2D eigenvalue weighted by Crippen LogP contribution is -2.52. The van der Waals surface area contributed by atoms with Gasteiger partial charge in [-0.2, -0.15) is 0 Å². The summed E-state index contributed by atoms with van der Waals surface area (Å²) in [6.07, 6.45) is 8.83. The highest BCUT2D eigenvalue weighted by atomic mass is 16.1. The molecule has 0 heterocycles. The van der Waals surface area contributed by atoms with Crippen LogP contribution >= 0.6 is 0 Å². The highest BCUT2D eigenvalue weighted by Crippen LogP contribution is 2.58. The summed E-state index contributed by atoms with van der Waals surface area (Å²) in [7, 11) is 0. The van der Waals surface area contributed by atoms with E-state index in [1.807, 2.05) is 19.1 Å². The van der Waals surface area contributed by atoms with Crippen LogP contribution in [0.2, 0.25) is 0 Å². The van der Waals surface area contributed by atoms with Gasteiger partial charge in [0.15, 0.2) is 11.6 Å². The highest BCUT2D eigenvalue weighted by molar-refractivity contribution is 5.95. The van der Waals surface area contributed by atoms with Crippen molar-refractivity contribution in [1.82, 2.24) is 0 Å². The SMILES string of the molecule is CC(=O)/C=C/[C@H]1C(C)=CC(=O)[C@H]2C(C)(C)CCC[C@]12C. The molecule has 0 aromatic carbocycles. The lowest BCUT2D eigenvalue weighted by atomic mass is 9.48. The summed E-state index contributed by atoms with van der Waals surface area (Å²) in [6, 6.07) is 0. The van der Waals surface area contributed by atoms with Gasteiger partial charge in [0.1, 0.15) is 0 Å². The third-order valence-electron chi connectivity index (χ3n) is 5.36. The third kappa shape index (κ3) is 2.41. The van der Waals surface area contributed by atoms with Gasteiger partial charge in [0.05, 0.1) is 0 Å². The van der Waals surface area contributed by atoms with Crippen LogP contribution in [0.3, 0.4) is 0 Å². The van der Waals surface area contributed by atoms with Crippen LogP contribution in [-0.4, -0.2) is 11.6 Å². The van der Waals surface area contributed by atoms with E-state index in [0.717, 1.165) is 24.8 Å². The molecule has 20 heavy (non-hydrogen) atoms. The molecule has 0 radical (unpaired) electrons. The van der Waals surface area contributed by atoms with Gasteiger partial charge in [-0.15, -0.1) is 0 Å². The normalized spacial score (nSPS) is 36.6. The standard InChI is InChI=1S/C18H26O2/c1-12-11-15(20)16-17(3,4)9-6-10-18(16,5)14(12)8-7-13(2)19/h7-8,11,14,16H,6,9-10H2,1-5H3/b8-7+/t14-,16-,18+/m0/s1. The molecule has 3 atom stereocenters. The van der Waals surface area contributed by atoms with E-state index in [1.165, 1.54) is 0 Å². The van der Waals surface area contributed by atoms with E-state index in [0.29, 0.717) is 0 Å². The molecule has 0 amide bonds. The molecule has 1 saturated carbocycles. The Bertz CT molecular complexity index is 496. The first-order valence-electron chi connectivity index (χ1n) is 7.59. The first-order valence-corrected chi connectivity index (χ1v) is 7.59. The predicted molar refractivity (Wildman–Crippen MR) is 81.3 cm³/mol. The van der Waals surface area contributed by atoms with Crippen molar-refractivity contribution in [2.75, 3.05) is 0 Å². The lowest BCUT2D eigenvalue weighted by molar-refractivity contribution is -0.134. The molecule has 2 nitrogen and oxygen atoms in total. The minimum atomic E-state index is -0.0520. The first kappa shape index (κ1) is 15.2. The zero-order valence-electron chi connectivity index (χ0n) is 13.3. The van der Waals surface area contributed by atoms with E-state index < -0.39 is 0 Å². The fraction of sp³-hybridized carbons (Fsp3) is 0.667. The molecule has 110 valence electrons. The van der Waals surface area contributed by atoms with Crippen molar-refractivity contribution in [3.8, 4) is 0 Å². The Balaban J connectivity index is 2.50. The maximum atomic E-state index is 12.6.